The van der Waals surface area contributed by atoms with Gasteiger partial charge in [-0.2, -0.15) is 0 Å². The van der Waals surface area contributed by atoms with Gasteiger partial charge in [-0.3, -0.25) is 14.4 Å². The Morgan fingerprint density at radius 3 is 2.81 bits per heavy atom. The van der Waals surface area contributed by atoms with Crippen LogP contribution >= 0.6 is 0 Å². The van der Waals surface area contributed by atoms with Gasteiger partial charge >= 0.3 is 0 Å². The molecular formula is C24H31N3O5. The van der Waals surface area contributed by atoms with E-state index in [2.05, 4.69) is 5.32 Å². The molecule has 8 heteroatoms. The van der Waals surface area contributed by atoms with Crippen LogP contribution in [0.25, 0.3) is 0 Å². The van der Waals surface area contributed by atoms with Crippen LogP contribution in [0.5, 0.6) is 5.75 Å². The number of hydrogen-bond acceptors (Lipinski definition) is 5. The van der Waals surface area contributed by atoms with Crippen molar-refractivity contribution < 1.29 is 24.2 Å². The molecule has 4 atom stereocenters. The fraction of sp³-hybridized carbons (Fsp3) is 0.625. The van der Waals surface area contributed by atoms with Crippen LogP contribution in [0.2, 0.25) is 0 Å². The van der Waals surface area contributed by atoms with Crippen LogP contribution in [0.1, 0.15) is 61.7 Å². The van der Waals surface area contributed by atoms with Crippen molar-refractivity contribution in [2.45, 2.75) is 69.2 Å². The molecule has 0 bridgehead atoms. The first kappa shape index (κ1) is 21.2. The number of ether oxygens (including phenoxy) is 1. The van der Waals surface area contributed by atoms with Gasteiger partial charge in [0.1, 0.15) is 5.75 Å². The van der Waals surface area contributed by atoms with E-state index in [1.807, 2.05) is 11.0 Å². The van der Waals surface area contributed by atoms with Crippen LogP contribution in [0.3, 0.4) is 0 Å². The van der Waals surface area contributed by atoms with E-state index < -0.39 is 5.72 Å². The average Bonchev–Trinajstić information content (AvgIpc) is 2.94. The Morgan fingerprint density at radius 2 is 1.94 bits per heavy atom. The fourth-order valence-electron chi connectivity index (χ4n) is 5.87. The van der Waals surface area contributed by atoms with Crippen LogP contribution in [0, 0.1) is 5.92 Å². The molecular weight excluding hydrogens is 410 g/mol. The lowest BCUT2D eigenvalue weighted by Gasteiger charge is -2.46. The quantitative estimate of drug-likeness (QED) is 0.727. The van der Waals surface area contributed by atoms with Crippen molar-refractivity contribution in [3.8, 4) is 5.75 Å². The molecule has 4 aliphatic rings. The van der Waals surface area contributed by atoms with Crippen molar-refractivity contribution >= 4 is 17.7 Å². The van der Waals surface area contributed by atoms with Crippen molar-refractivity contribution in [2.24, 2.45) is 5.92 Å². The number of nitrogens with zero attached hydrogens (tertiary/aromatic N) is 2. The number of carbonyl (C=O) groups excluding carboxylic acids is 3. The van der Waals surface area contributed by atoms with E-state index in [0.717, 1.165) is 25.7 Å². The summed E-state index contributed by atoms with van der Waals surface area (Å²) in [6, 6.07) is 7.19. The molecule has 2 saturated heterocycles. The molecule has 0 unspecified atom stereocenters. The van der Waals surface area contributed by atoms with Crippen molar-refractivity contribution in [2.75, 3.05) is 19.6 Å². The molecule has 3 fully saturated rings. The van der Waals surface area contributed by atoms with Crippen LogP contribution in [-0.2, 0) is 9.59 Å². The number of fused-ring (bicyclic) bond motifs is 2. The van der Waals surface area contributed by atoms with Gasteiger partial charge in [0, 0.05) is 44.3 Å². The molecule has 1 spiro atoms. The number of piperidine rings is 1. The third-order valence-corrected chi connectivity index (χ3v) is 7.65. The maximum atomic E-state index is 13.2. The molecule has 32 heavy (non-hydrogen) atoms. The predicted molar refractivity (Wildman–Crippen MR) is 116 cm³/mol. The minimum Gasteiger partial charge on any atom is -0.467 e. The zero-order valence-corrected chi connectivity index (χ0v) is 18.3. The number of benzene rings is 1. The zero-order chi connectivity index (χ0) is 22.3. The highest BCUT2D eigenvalue weighted by Gasteiger charge is 2.44. The molecule has 2 N–H and O–H groups in total. The normalized spacial score (nSPS) is 32.5. The molecule has 1 aliphatic carbocycles. The van der Waals surface area contributed by atoms with Crippen LogP contribution in [-0.4, -0.2) is 70.1 Å². The minimum atomic E-state index is -0.928. The zero-order valence-electron chi connectivity index (χ0n) is 18.3. The van der Waals surface area contributed by atoms with Gasteiger partial charge in [0.25, 0.3) is 5.91 Å². The minimum absolute atomic E-state index is 0.0404. The molecule has 8 nitrogen and oxygen atoms in total. The molecule has 3 amide bonds. The van der Waals surface area contributed by atoms with Gasteiger partial charge in [-0.1, -0.05) is 25.0 Å². The Balaban J connectivity index is 1.26. The summed E-state index contributed by atoms with van der Waals surface area (Å²) in [5.74, 6) is 0.346. The van der Waals surface area contributed by atoms with Gasteiger partial charge in [0.15, 0.2) is 5.72 Å². The number of amides is 3. The summed E-state index contributed by atoms with van der Waals surface area (Å²) in [6.07, 6.45) is 5.32. The van der Waals surface area contributed by atoms with E-state index in [0.29, 0.717) is 43.7 Å². The Bertz CT molecular complexity index is 921. The number of hydrogen-bond donors (Lipinski definition) is 2. The Hall–Kier alpha value is -2.61. The second-order valence-electron chi connectivity index (χ2n) is 9.57. The highest BCUT2D eigenvalue weighted by molar-refractivity contribution is 5.98. The smallest absolute Gasteiger partial charge is 0.258 e. The van der Waals surface area contributed by atoms with Crippen molar-refractivity contribution in [3.05, 3.63) is 29.8 Å². The second-order valence-corrected chi connectivity index (χ2v) is 9.57. The third kappa shape index (κ3) is 3.85. The maximum absolute atomic E-state index is 13.2. The highest BCUT2D eigenvalue weighted by atomic mass is 16.5. The predicted octanol–water partition coefficient (Wildman–Crippen LogP) is 1.67. The number of aliphatic hydroxyl groups excluding tert-OH is 1. The maximum Gasteiger partial charge on any atom is 0.258 e. The lowest BCUT2D eigenvalue weighted by Crippen LogP contribution is -2.57. The first-order valence-electron chi connectivity index (χ1n) is 11.8. The number of aliphatic hydroxyl groups is 1. The molecule has 3 aliphatic heterocycles. The number of para-hydroxylation sites is 1. The standard InChI is InChI=1S/C24H31N3O5/c28-19-10-13-27(18-7-3-1-5-16(18)19)22(30)15-26-14-12-24(11-9-21(26)29)25-23(31)17-6-2-4-8-20(17)32-24/h2,4,6,8,16,18-19,28H,1,3,5,7,9-15H2,(H,25,31)/t16-,18-,19+,24-/m1/s1. The molecule has 3 heterocycles. The Labute approximate surface area is 187 Å². The summed E-state index contributed by atoms with van der Waals surface area (Å²) in [4.78, 5) is 42.2. The molecule has 1 saturated carbocycles. The van der Waals surface area contributed by atoms with E-state index in [4.69, 9.17) is 4.74 Å². The molecule has 5 rings (SSSR count). The van der Waals surface area contributed by atoms with E-state index in [1.165, 1.54) is 0 Å². The van der Waals surface area contributed by atoms with Crippen molar-refractivity contribution in [1.29, 1.82) is 0 Å². The van der Waals surface area contributed by atoms with E-state index >= 15 is 0 Å². The first-order chi connectivity index (χ1) is 15.5. The topological polar surface area (TPSA) is 99.2 Å². The third-order valence-electron chi connectivity index (χ3n) is 7.65. The second kappa shape index (κ2) is 8.39. The SMILES string of the molecule is O=C1N[C@]2(CCC(=O)N(CC(=O)N3CC[C@H](O)[C@@H]4CCCC[C@H]43)CC2)Oc2ccccc21. The summed E-state index contributed by atoms with van der Waals surface area (Å²) < 4.78 is 6.18. The number of nitrogens with one attached hydrogen (secondary N) is 1. The van der Waals surface area contributed by atoms with E-state index in [-0.39, 0.29) is 48.8 Å². The number of likely N-dealkylation sites (tertiary alicyclic amines) is 2. The lowest BCUT2D eigenvalue weighted by atomic mass is 9.76. The largest absolute Gasteiger partial charge is 0.467 e. The van der Waals surface area contributed by atoms with Gasteiger partial charge in [-0.25, -0.2) is 0 Å². The molecule has 0 aromatic heterocycles. The fourth-order valence-corrected chi connectivity index (χ4v) is 5.87. The van der Waals surface area contributed by atoms with Gasteiger partial charge in [-0.05, 0) is 31.4 Å². The van der Waals surface area contributed by atoms with Crippen LogP contribution < -0.4 is 10.1 Å². The molecule has 1 aromatic carbocycles. The van der Waals surface area contributed by atoms with Crippen molar-refractivity contribution in [3.63, 3.8) is 0 Å². The average molecular weight is 442 g/mol. The van der Waals surface area contributed by atoms with Crippen LogP contribution in [0.15, 0.2) is 24.3 Å². The monoisotopic (exact) mass is 441 g/mol. The molecule has 0 radical (unpaired) electrons. The molecule has 1 aromatic rings. The lowest BCUT2D eigenvalue weighted by molar-refractivity contribution is -0.147. The Kier molecular flexibility index (Phi) is 5.57. The number of rotatable bonds is 2. The van der Waals surface area contributed by atoms with E-state index in [1.54, 1.807) is 23.1 Å². The summed E-state index contributed by atoms with van der Waals surface area (Å²) in [5.41, 5.74) is -0.433. The molecule has 172 valence electrons. The van der Waals surface area contributed by atoms with Gasteiger partial charge < -0.3 is 25.0 Å². The van der Waals surface area contributed by atoms with Gasteiger partial charge in [0.05, 0.1) is 18.2 Å². The first-order valence-corrected chi connectivity index (χ1v) is 11.8. The summed E-state index contributed by atoms with van der Waals surface area (Å²) in [6.45, 7) is 0.930. The van der Waals surface area contributed by atoms with E-state index in [9.17, 15) is 19.5 Å². The summed E-state index contributed by atoms with van der Waals surface area (Å²) in [5, 5.41) is 13.4. The summed E-state index contributed by atoms with van der Waals surface area (Å²) >= 11 is 0. The number of carbonyl (C=O) groups is 3. The summed E-state index contributed by atoms with van der Waals surface area (Å²) in [7, 11) is 0. The van der Waals surface area contributed by atoms with Crippen LogP contribution in [0.4, 0.5) is 0 Å². The van der Waals surface area contributed by atoms with Gasteiger partial charge in [0.2, 0.25) is 11.8 Å². The van der Waals surface area contributed by atoms with Crippen molar-refractivity contribution in [1.82, 2.24) is 15.1 Å². The Morgan fingerprint density at radius 1 is 1.12 bits per heavy atom. The highest BCUT2D eigenvalue weighted by Crippen LogP contribution is 2.36. The van der Waals surface area contributed by atoms with Gasteiger partial charge in [-0.15, -0.1) is 0 Å².